The summed E-state index contributed by atoms with van der Waals surface area (Å²) in [6, 6.07) is 0. The van der Waals surface area contributed by atoms with Crippen molar-refractivity contribution in [3.63, 3.8) is 0 Å². The molecule has 3 nitrogen and oxygen atoms in total. The molecule has 1 aromatic heterocycles. The third-order valence-corrected chi connectivity index (χ3v) is 3.85. The number of aromatic nitrogens is 2. The molecule has 1 rings (SSSR count). The second-order valence-corrected chi connectivity index (χ2v) is 5.79. The number of hydrogen-bond acceptors (Lipinski definition) is 3. The standard InChI is InChI=1S/C16H28ClN3/c1-4-5-6-7-8-9-10-11-12-18-16-15(17)19-13(2)14(3)20-16/h4-12H2,1-3H3,(H,18,20). The topological polar surface area (TPSA) is 37.8 Å². The highest BCUT2D eigenvalue weighted by atomic mass is 35.5. The van der Waals surface area contributed by atoms with Crippen LogP contribution in [0.1, 0.15) is 69.7 Å². The summed E-state index contributed by atoms with van der Waals surface area (Å²) in [6.45, 7) is 7.06. The number of nitrogens with zero attached hydrogens (tertiary/aromatic N) is 2. The first-order valence-corrected chi connectivity index (χ1v) is 8.27. The van der Waals surface area contributed by atoms with Crippen LogP contribution < -0.4 is 5.32 Å². The SMILES string of the molecule is CCCCCCCCCCNc1nc(C)c(C)nc1Cl. The Morgan fingerprint density at radius 3 is 2.05 bits per heavy atom. The summed E-state index contributed by atoms with van der Waals surface area (Å²) in [4.78, 5) is 8.70. The summed E-state index contributed by atoms with van der Waals surface area (Å²) < 4.78 is 0. The first kappa shape index (κ1) is 17.2. The van der Waals surface area contributed by atoms with Crippen molar-refractivity contribution in [3.8, 4) is 0 Å². The van der Waals surface area contributed by atoms with Crippen LogP contribution in [0.15, 0.2) is 0 Å². The van der Waals surface area contributed by atoms with E-state index in [0.717, 1.165) is 23.8 Å². The zero-order valence-corrected chi connectivity index (χ0v) is 13.9. The van der Waals surface area contributed by atoms with Crippen LogP contribution in [0.5, 0.6) is 0 Å². The van der Waals surface area contributed by atoms with Crippen LogP contribution in [0.3, 0.4) is 0 Å². The lowest BCUT2D eigenvalue weighted by molar-refractivity contribution is 0.581. The third-order valence-electron chi connectivity index (χ3n) is 3.59. The van der Waals surface area contributed by atoms with Gasteiger partial charge in [0.25, 0.3) is 0 Å². The highest BCUT2D eigenvalue weighted by molar-refractivity contribution is 6.31. The number of nitrogens with one attached hydrogen (secondary N) is 1. The van der Waals surface area contributed by atoms with Gasteiger partial charge in [-0.05, 0) is 20.3 Å². The van der Waals surface area contributed by atoms with Crippen molar-refractivity contribution < 1.29 is 0 Å². The smallest absolute Gasteiger partial charge is 0.171 e. The number of aryl methyl sites for hydroxylation is 2. The summed E-state index contributed by atoms with van der Waals surface area (Å²) in [6.07, 6.45) is 10.6. The molecule has 0 fully saturated rings. The quantitative estimate of drug-likeness (QED) is 0.596. The van der Waals surface area contributed by atoms with E-state index in [0.29, 0.717) is 5.15 Å². The third kappa shape index (κ3) is 6.56. The van der Waals surface area contributed by atoms with E-state index in [1.165, 1.54) is 51.4 Å². The van der Waals surface area contributed by atoms with E-state index in [4.69, 9.17) is 11.6 Å². The molecule has 4 heteroatoms. The molecule has 0 radical (unpaired) electrons. The Morgan fingerprint density at radius 1 is 0.850 bits per heavy atom. The van der Waals surface area contributed by atoms with E-state index in [1.54, 1.807) is 0 Å². The molecule has 0 spiro atoms. The van der Waals surface area contributed by atoms with Gasteiger partial charge in [-0.15, -0.1) is 0 Å². The lowest BCUT2D eigenvalue weighted by Crippen LogP contribution is -2.06. The lowest BCUT2D eigenvalue weighted by atomic mass is 10.1. The van der Waals surface area contributed by atoms with Gasteiger partial charge in [-0.1, -0.05) is 63.5 Å². The zero-order valence-electron chi connectivity index (χ0n) is 13.1. The van der Waals surface area contributed by atoms with Crippen LogP contribution in [0.25, 0.3) is 0 Å². The Bertz CT molecular complexity index is 394. The zero-order chi connectivity index (χ0) is 14.8. The van der Waals surface area contributed by atoms with E-state index in [2.05, 4.69) is 22.2 Å². The summed E-state index contributed by atoms with van der Waals surface area (Å²) in [5.74, 6) is 0.720. The molecule has 0 aliphatic heterocycles. The van der Waals surface area contributed by atoms with E-state index < -0.39 is 0 Å². The van der Waals surface area contributed by atoms with Crippen LogP contribution in [-0.4, -0.2) is 16.5 Å². The van der Waals surface area contributed by atoms with E-state index in [-0.39, 0.29) is 0 Å². The average molecular weight is 298 g/mol. The maximum Gasteiger partial charge on any atom is 0.171 e. The molecule has 0 saturated carbocycles. The molecule has 1 aromatic rings. The minimum absolute atomic E-state index is 0.479. The van der Waals surface area contributed by atoms with E-state index >= 15 is 0 Å². The van der Waals surface area contributed by atoms with Crippen LogP contribution in [0.4, 0.5) is 5.82 Å². The Morgan fingerprint density at radius 2 is 1.40 bits per heavy atom. The van der Waals surface area contributed by atoms with Crippen molar-refractivity contribution in [1.82, 2.24) is 9.97 Å². The highest BCUT2D eigenvalue weighted by Crippen LogP contribution is 2.18. The van der Waals surface area contributed by atoms with Crippen molar-refractivity contribution in [3.05, 3.63) is 16.5 Å². The molecule has 1 N–H and O–H groups in total. The Hall–Kier alpha value is -0.830. The molecular weight excluding hydrogens is 270 g/mol. The molecule has 0 aliphatic rings. The summed E-state index contributed by atoms with van der Waals surface area (Å²) >= 11 is 6.08. The van der Waals surface area contributed by atoms with Crippen molar-refractivity contribution in [2.24, 2.45) is 0 Å². The molecule has 0 aromatic carbocycles. The molecule has 0 bridgehead atoms. The summed E-state index contributed by atoms with van der Waals surface area (Å²) in [5.41, 5.74) is 1.83. The molecular formula is C16H28ClN3. The minimum Gasteiger partial charge on any atom is -0.368 e. The van der Waals surface area contributed by atoms with E-state index in [1.807, 2.05) is 13.8 Å². The number of rotatable bonds is 10. The predicted molar refractivity (Wildman–Crippen MR) is 87.6 cm³/mol. The summed E-state index contributed by atoms with van der Waals surface area (Å²) in [5, 5.41) is 3.77. The van der Waals surface area contributed by atoms with Gasteiger partial charge in [0.1, 0.15) is 0 Å². The number of hydrogen-bond donors (Lipinski definition) is 1. The first-order chi connectivity index (χ1) is 9.65. The molecule has 20 heavy (non-hydrogen) atoms. The fourth-order valence-electron chi connectivity index (χ4n) is 2.15. The molecule has 0 unspecified atom stereocenters. The Kier molecular flexibility index (Phi) is 8.59. The van der Waals surface area contributed by atoms with Gasteiger partial charge in [0.15, 0.2) is 11.0 Å². The van der Waals surface area contributed by atoms with Gasteiger partial charge in [-0.2, -0.15) is 0 Å². The van der Waals surface area contributed by atoms with Gasteiger partial charge in [-0.3, -0.25) is 0 Å². The number of halogens is 1. The molecule has 114 valence electrons. The van der Waals surface area contributed by atoms with Crippen LogP contribution >= 0.6 is 11.6 Å². The number of anilines is 1. The average Bonchev–Trinajstić information content (AvgIpc) is 2.42. The van der Waals surface area contributed by atoms with Gasteiger partial charge < -0.3 is 5.32 Å². The van der Waals surface area contributed by atoms with Crippen molar-refractivity contribution >= 4 is 17.4 Å². The molecule has 0 aliphatic carbocycles. The molecule has 0 saturated heterocycles. The maximum atomic E-state index is 6.08. The van der Waals surface area contributed by atoms with Gasteiger partial charge in [0.05, 0.1) is 11.4 Å². The van der Waals surface area contributed by atoms with Gasteiger partial charge in [0.2, 0.25) is 0 Å². The fraction of sp³-hybridized carbons (Fsp3) is 0.750. The normalized spacial score (nSPS) is 10.8. The van der Waals surface area contributed by atoms with E-state index in [9.17, 15) is 0 Å². The van der Waals surface area contributed by atoms with Crippen LogP contribution in [0.2, 0.25) is 5.15 Å². The van der Waals surface area contributed by atoms with Crippen LogP contribution in [0, 0.1) is 13.8 Å². The second-order valence-electron chi connectivity index (χ2n) is 5.44. The van der Waals surface area contributed by atoms with Gasteiger partial charge >= 0.3 is 0 Å². The Balaban J connectivity index is 2.11. The van der Waals surface area contributed by atoms with Gasteiger partial charge in [-0.25, -0.2) is 9.97 Å². The van der Waals surface area contributed by atoms with Crippen molar-refractivity contribution in [2.45, 2.75) is 72.1 Å². The largest absolute Gasteiger partial charge is 0.368 e. The first-order valence-electron chi connectivity index (χ1n) is 7.89. The lowest BCUT2D eigenvalue weighted by Gasteiger charge is -2.09. The minimum atomic E-state index is 0.479. The fourth-order valence-corrected chi connectivity index (χ4v) is 2.39. The van der Waals surface area contributed by atoms with Crippen LogP contribution in [-0.2, 0) is 0 Å². The number of unbranched alkanes of at least 4 members (excludes halogenated alkanes) is 7. The molecule has 0 amide bonds. The molecule has 0 atom stereocenters. The predicted octanol–water partition coefficient (Wildman–Crippen LogP) is 5.30. The van der Waals surface area contributed by atoms with Crippen molar-refractivity contribution in [2.75, 3.05) is 11.9 Å². The van der Waals surface area contributed by atoms with Gasteiger partial charge in [0, 0.05) is 6.54 Å². The molecule has 1 heterocycles. The monoisotopic (exact) mass is 297 g/mol. The summed E-state index contributed by atoms with van der Waals surface area (Å²) in [7, 11) is 0. The Labute approximate surface area is 128 Å². The van der Waals surface area contributed by atoms with Crippen molar-refractivity contribution in [1.29, 1.82) is 0 Å². The maximum absolute atomic E-state index is 6.08. The highest BCUT2D eigenvalue weighted by Gasteiger charge is 2.05. The second kappa shape index (κ2) is 9.98.